The third-order valence-electron chi connectivity index (χ3n) is 3.52. The number of rotatable bonds is 5. The molecule has 0 aliphatic heterocycles. The summed E-state index contributed by atoms with van der Waals surface area (Å²) in [6.45, 7) is 0. The van der Waals surface area contributed by atoms with Gasteiger partial charge in [0.25, 0.3) is 5.69 Å². The first kappa shape index (κ1) is 18.6. The van der Waals surface area contributed by atoms with Crippen LogP contribution in [-0.2, 0) is 0 Å². The molecular weight excluding hydrogens is 386 g/mol. The lowest BCUT2D eigenvalue weighted by Crippen LogP contribution is -2.19. The van der Waals surface area contributed by atoms with Crippen molar-refractivity contribution in [1.82, 2.24) is 0 Å². The van der Waals surface area contributed by atoms with Crippen molar-refractivity contribution in [2.24, 2.45) is 0 Å². The molecule has 0 heterocycles. The zero-order valence-corrected chi connectivity index (χ0v) is 15.5. The molecule has 0 aliphatic rings. The van der Waals surface area contributed by atoms with Crippen molar-refractivity contribution in [3.8, 4) is 11.5 Å². The van der Waals surface area contributed by atoms with Gasteiger partial charge < -0.3 is 15.4 Å². The fraction of sp³-hybridized carbons (Fsp3) is 0. The van der Waals surface area contributed by atoms with Gasteiger partial charge in [-0.3, -0.25) is 10.1 Å². The van der Waals surface area contributed by atoms with Gasteiger partial charge in [0, 0.05) is 12.1 Å². The monoisotopic (exact) mass is 399 g/mol. The number of thiocarbonyl (C=S) groups is 1. The Balaban J connectivity index is 1.75. The molecule has 136 valence electrons. The zero-order chi connectivity index (χ0) is 19.2. The third-order valence-corrected chi connectivity index (χ3v) is 4.05. The average molecular weight is 400 g/mol. The van der Waals surface area contributed by atoms with Crippen molar-refractivity contribution >= 4 is 46.0 Å². The predicted molar refractivity (Wildman–Crippen MR) is 111 cm³/mol. The molecule has 0 spiro atoms. The maximum absolute atomic E-state index is 10.9. The number of benzene rings is 3. The van der Waals surface area contributed by atoms with Gasteiger partial charge in [0.15, 0.2) is 10.9 Å². The van der Waals surface area contributed by atoms with Crippen molar-refractivity contribution in [3.05, 3.63) is 87.9 Å². The molecule has 0 aliphatic carbocycles. The van der Waals surface area contributed by atoms with Crippen LogP contribution in [0.2, 0.25) is 5.02 Å². The maximum Gasteiger partial charge on any atom is 0.271 e. The first-order chi connectivity index (χ1) is 13.0. The molecule has 2 N–H and O–H groups in total. The zero-order valence-electron chi connectivity index (χ0n) is 13.9. The quantitative estimate of drug-likeness (QED) is 0.318. The summed E-state index contributed by atoms with van der Waals surface area (Å²) >= 11 is 11.4. The minimum Gasteiger partial charge on any atom is -0.455 e. The van der Waals surface area contributed by atoms with Crippen LogP contribution in [0, 0.1) is 10.1 Å². The highest BCUT2D eigenvalue weighted by atomic mass is 35.5. The topological polar surface area (TPSA) is 76.4 Å². The predicted octanol–water partition coefficient (Wildman–Crippen LogP) is 5.85. The molecule has 0 aromatic heterocycles. The van der Waals surface area contributed by atoms with Crippen LogP contribution in [0.1, 0.15) is 0 Å². The highest BCUT2D eigenvalue weighted by Crippen LogP contribution is 2.30. The van der Waals surface area contributed by atoms with E-state index in [2.05, 4.69) is 10.6 Å². The van der Waals surface area contributed by atoms with Gasteiger partial charge in [-0.25, -0.2) is 0 Å². The Labute approximate surface area is 165 Å². The molecule has 0 amide bonds. The molecule has 3 rings (SSSR count). The lowest BCUT2D eigenvalue weighted by molar-refractivity contribution is -0.384. The van der Waals surface area contributed by atoms with Crippen LogP contribution < -0.4 is 15.4 Å². The summed E-state index contributed by atoms with van der Waals surface area (Å²) in [7, 11) is 0. The summed E-state index contributed by atoms with van der Waals surface area (Å²) in [4.78, 5) is 10.4. The van der Waals surface area contributed by atoms with E-state index in [-0.39, 0.29) is 10.8 Å². The minimum atomic E-state index is -0.499. The Bertz CT molecular complexity index is 983. The van der Waals surface area contributed by atoms with Gasteiger partial charge in [-0.05, 0) is 42.5 Å². The van der Waals surface area contributed by atoms with Gasteiger partial charge in [0.2, 0.25) is 0 Å². The van der Waals surface area contributed by atoms with Crippen molar-refractivity contribution in [2.75, 3.05) is 10.6 Å². The second-order valence-electron chi connectivity index (χ2n) is 5.41. The molecule has 0 fully saturated rings. The lowest BCUT2D eigenvalue weighted by atomic mass is 10.2. The van der Waals surface area contributed by atoms with Gasteiger partial charge in [-0.15, -0.1) is 0 Å². The Kier molecular flexibility index (Phi) is 5.85. The van der Waals surface area contributed by atoms with E-state index in [1.165, 1.54) is 18.2 Å². The lowest BCUT2D eigenvalue weighted by Gasteiger charge is -2.15. The number of para-hydroxylation sites is 3. The third kappa shape index (κ3) is 4.93. The number of nitro groups is 1. The van der Waals surface area contributed by atoms with E-state index >= 15 is 0 Å². The first-order valence-electron chi connectivity index (χ1n) is 7.87. The van der Waals surface area contributed by atoms with Gasteiger partial charge in [-0.1, -0.05) is 41.9 Å². The highest BCUT2D eigenvalue weighted by molar-refractivity contribution is 7.80. The van der Waals surface area contributed by atoms with Crippen molar-refractivity contribution in [1.29, 1.82) is 0 Å². The smallest absolute Gasteiger partial charge is 0.271 e. The van der Waals surface area contributed by atoms with Crippen molar-refractivity contribution < 1.29 is 9.66 Å². The number of anilines is 2. The molecule has 0 atom stereocenters. The summed E-state index contributed by atoms with van der Waals surface area (Å²) in [5.41, 5.74) is 0.891. The molecule has 0 saturated heterocycles. The van der Waals surface area contributed by atoms with Crippen LogP contribution in [0.3, 0.4) is 0 Å². The second kappa shape index (κ2) is 8.48. The molecule has 27 heavy (non-hydrogen) atoms. The van der Waals surface area contributed by atoms with Gasteiger partial charge in [-0.2, -0.15) is 0 Å². The van der Waals surface area contributed by atoms with Crippen LogP contribution in [-0.4, -0.2) is 10.0 Å². The molecular formula is C19H14ClN3O3S. The van der Waals surface area contributed by atoms with Crippen LogP contribution in [0.4, 0.5) is 17.1 Å². The molecule has 3 aromatic rings. The molecule has 6 nitrogen and oxygen atoms in total. The summed E-state index contributed by atoms with van der Waals surface area (Å²) in [5, 5.41) is 17.4. The summed E-state index contributed by atoms with van der Waals surface area (Å²) in [6.07, 6.45) is 0. The molecule has 0 radical (unpaired) electrons. The van der Waals surface area contributed by atoms with E-state index in [4.69, 9.17) is 28.6 Å². The number of hydrogen-bond donors (Lipinski definition) is 2. The minimum absolute atomic E-state index is 0.0856. The number of nitrogens with one attached hydrogen (secondary N) is 2. The fourth-order valence-corrected chi connectivity index (χ4v) is 2.66. The summed E-state index contributed by atoms with van der Waals surface area (Å²) in [6, 6.07) is 20.7. The van der Waals surface area contributed by atoms with Crippen LogP contribution >= 0.6 is 23.8 Å². The fourth-order valence-electron chi connectivity index (χ4n) is 2.27. The summed E-state index contributed by atoms with van der Waals surface area (Å²) in [5.74, 6) is 1.27. The normalized spacial score (nSPS) is 10.1. The molecule has 0 unspecified atom stereocenters. The number of non-ortho nitro benzene ring substituents is 1. The molecule has 0 saturated carbocycles. The molecule has 3 aromatic carbocycles. The van der Waals surface area contributed by atoms with E-state index in [0.717, 1.165) is 0 Å². The Morgan fingerprint density at radius 3 is 2.37 bits per heavy atom. The average Bonchev–Trinajstić information content (AvgIpc) is 2.66. The number of nitrogens with zero attached hydrogens (tertiary/aromatic N) is 1. The maximum atomic E-state index is 10.9. The highest BCUT2D eigenvalue weighted by Gasteiger charge is 2.12. The van der Waals surface area contributed by atoms with E-state index in [1.54, 1.807) is 12.1 Å². The van der Waals surface area contributed by atoms with Crippen LogP contribution in [0.5, 0.6) is 11.5 Å². The van der Waals surface area contributed by atoms with Gasteiger partial charge in [0.05, 0.1) is 21.3 Å². The number of ether oxygens (including phenoxy) is 1. The number of nitro benzene ring substituents is 1. The number of hydrogen-bond acceptors (Lipinski definition) is 4. The SMILES string of the molecule is O=[N+]([O-])c1ccc(Cl)c(NC(=S)Nc2ccccc2Oc2ccccc2)c1. The van der Waals surface area contributed by atoms with Crippen LogP contribution in [0.15, 0.2) is 72.8 Å². The van der Waals surface area contributed by atoms with E-state index in [0.29, 0.717) is 27.9 Å². The van der Waals surface area contributed by atoms with E-state index in [1.807, 2.05) is 42.5 Å². The molecule has 0 bridgehead atoms. The number of halogens is 1. The second-order valence-corrected chi connectivity index (χ2v) is 6.23. The van der Waals surface area contributed by atoms with Gasteiger partial charge in [0.1, 0.15) is 5.75 Å². The van der Waals surface area contributed by atoms with E-state index < -0.39 is 4.92 Å². The van der Waals surface area contributed by atoms with Gasteiger partial charge >= 0.3 is 0 Å². The first-order valence-corrected chi connectivity index (χ1v) is 8.65. The van der Waals surface area contributed by atoms with Crippen molar-refractivity contribution in [3.63, 3.8) is 0 Å². The largest absolute Gasteiger partial charge is 0.455 e. The van der Waals surface area contributed by atoms with Crippen molar-refractivity contribution in [2.45, 2.75) is 0 Å². The molecule has 8 heteroatoms. The Morgan fingerprint density at radius 2 is 1.63 bits per heavy atom. The standard InChI is InChI=1S/C19H14ClN3O3S/c20-15-11-10-13(23(24)25)12-17(15)22-19(27)21-16-8-4-5-9-18(16)26-14-6-2-1-3-7-14/h1-12H,(H2,21,22,27). The van der Waals surface area contributed by atoms with E-state index in [9.17, 15) is 10.1 Å². The summed E-state index contributed by atoms with van der Waals surface area (Å²) < 4.78 is 5.87. The van der Waals surface area contributed by atoms with Crippen LogP contribution in [0.25, 0.3) is 0 Å². The Morgan fingerprint density at radius 1 is 0.963 bits per heavy atom. The Hall–Kier alpha value is -3.16.